The number of aromatic amines is 2. The van der Waals surface area contributed by atoms with Crippen molar-refractivity contribution < 1.29 is 0 Å². The van der Waals surface area contributed by atoms with Gasteiger partial charge in [-0.3, -0.25) is 15.0 Å². The highest BCUT2D eigenvalue weighted by molar-refractivity contribution is 7.08. The van der Waals surface area contributed by atoms with Crippen molar-refractivity contribution in [3.63, 3.8) is 0 Å². The summed E-state index contributed by atoms with van der Waals surface area (Å²) in [7, 11) is 0. The molecule has 6 nitrogen and oxygen atoms in total. The predicted octanol–water partition coefficient (Wildman–Crippen LogP) is 6.49. The van der Waals surface area contributed by atoms with Gasteiger partial charge >= 0.3 is 0 Å². The third kappa shape index (κ3) is 3.73. The van der Waals surface area contributed by atoms with Crippen molar-refractivity contribution in [1.82, 2.24) is 30.0 Å². The van der Waals surface area contributed by atoms with Crippen LogP contribution in [0.3, 0.4) is 0 Å². The summed E-state index contributed by atoms with van der Waals surface area (Å²) in [6.45, 7) is 3.29. The second-order valence-corrected chi connectivity index (χ2v) is 9.97. The van der Waals surface area contributed by atoms with E-state index in [4.69, 9.17) is 4.98 Å². The third-order valence-corrected chi connectivity index (χ3v) is 7.54. The van der Waals surface area contributed by atoms with Crippen LogP contribution >= 0.6 is 11.3 Å². The smallest absolute Gasteiger partial charge is 0.135 e. The zero-order valence-corrected chi connectivity index (χ0v) is 20.0. The van der Waals surface area contributed by atoms with Crippen LogP contribution in [-0.4, -0.2) is 43.1 Å². The number of pyridine rings is 2. The molecule has 0 unspecified atom stereocenters. The van der Waals surface area contributed by atoms with E-state index in [1.165, 1.54) is 48.0 Å². The number of nitrogens with zero attached hydrogens (tertiary/aromatic N) is 4. The molecular weight excluding hydrogens is 452 g/mol. The fraction of sp³-hybridized carbons (Fsp3) is 0.179. The molecule has 0 spiro atoms. The van der Waals surface area contributed by atoms with Gasteiger partial charge in [-0.05, 0) is 89.8 Å². The lowest BCUT2D eigenvalue weighted by molar-refractivity contribution is 0.331. The number of hydrogen-bond donors (Lipinski definition) is 2. The van der Waals surface area contributed by atoms with Crippen LogP contribution in [-0.2, 0) is 6.54 Å². The van der Waals surface area contributed by atoms with Gasteiger partial charge in [-0.2, -0.15) is 16.4 Å². The molecule has 1 fully saturated rings. The highest BCUT2D eigenvalue weighted by Crippen LogP contribution is 2.35. The molecule has 172 valence electrons. The van der Waals surface area contributed by atoms with Crippen LogP contribution in [0, 0.1) is 0 Å². The SMILES string of the molecule is c1cc(-c2ccsc2)c2cc(-c3n[nH]c4ccc(-c5cncc(CN6CCCC6)c5)nc34)[nH]c2c1. The number of H-pyrrole nitrogens is 2. The molecule has 7 heteroatoms. The van der Waals surface area contributed by atoms with Crippen LogP contribution < -0.4 is 0 Å². The average Bonchev–Trinajstić information content (AvgIpc) is 3.70. The van der Waals surface area contributed by atoms with Gasteiger partial charge in [-0.15, -0.1) is 0 Å². The van der Waals surface area contributed by atoms with Crippen molar-refractivity contribution in [1.29, 1.82) is 0 Å². The van der Waals surface area contributed by atoms with Crippen LogP contribution in [0.25, 0.3) is 55.7 Å². The van der Waals surface area contributed by atoms with Crippen LogP contribution in [0.5, 0.6) is 0 Å². The molecule has 7 rings (SSSR count). The van der Waals surface area contributed by atoms with Gasteiger partial charge in [-0.1, -0.05) is 12.1 Å². The van der Waals surface area contributed by atoms with E-state index in [9.17, 15) is 0 Å². The number of benzene rings is 1. The molecule has 0 atom stereocenters. The number of likely N-dealkylation sites (tertiary alicyclic amines) is 1. The quantitative estimate of drug-likeness (QED) is 0.298. The third-order valence-electron chi connectivity index (χ3n) is 6.85. The largest absolute Gasteiger partial charge is 0.353 e. The van der Waals surface area contributed by atoms with Crippen molar-refractivity contribution in [2.24, 2.45) is 0 Å². The Kier molecular flexibility index (Phi) is 4.96. The summed E-state index contributed by atoms with van der Waals surface area (Å²) in [5.74, 6) is 0. The van der Waals surface area contributed by atoms with Crippen molar-refractivity contribution in [3.8, 4) is 33.8 Å². The molecule has 6 aromatic rings. The van der Waals surface area contributed by atoms with E-state index in [2.05, 4.69) is 78.3 Å². The number of hydrogen-bond acceptors (Lipinski definition) is 5. The van der Waals surface area contributed by atoms with Crippen molar-refractivity contribution in [2.75, 3.05) is 13.1 Å². The Morgan fingerprint density at radius 2 is 1.89 bits per heavy atom. The first kappa shape index (κ1) is 20.6. The number of thiophene rings is 1. The number of rotatable bonds is 5. The number of nitrogens with one attached hydrogen (secondary N) is 2. The van der Waals surface area contributed by atoms with Gasteiger partial charge < -0.3 is 4.98 Å². The van der Waals surface area contributed by atoms with Crippen molar-refractivity contribution >= 4 is 33.3 Å². The van der Waals surface area contributed by atoms with Gasteiger partial charge in [0.2, 0.25) is 0 Å². The molecule has 1 aliphatic rings. The molecule has 0 amide bonds. The summed E-state index contributed by atoms with van der Waals surface area (Å²) < 4.78 is 0. The number of fused-ring (bicyclic) bond motifs is 2. The Morgan fingerprint density at radius 3 is 2.77 bits per heavy atom. The predicted molar refractivity (Wildman–Crippen MR) is 142 cm³/mol. The summed E-state index contributed by atoms with van der Waals surface area (Å²) in [5, 5.41) is 13.3. The Labute approximate surface area is 206 Å². The Hall–Kier alpha value is -3.81. The summed E-state index contributed by atoms with van der Waals surface area (Å²) in [5.41, 5.74) is 10.3. The first-order chi connectivity index (χ1) is 17.3. The minimum Gasteiger partial charge on any atom is -0.353 e. The van der Waals surface area contributed by atoms with Crippen LogP contribution in [0.4, 0.5) is 0 Å². The summed E-state index contributed by atoms with van der Waals surface area (Å²) in [6.07, 6.45) is 6.45. The Balaban J connectivity index is 1.28. The normalized spacial score (nSPS) is 14.4. The molecule has 6 heterocycles. The first-order valence-electron chi connectivity index (χ1n) is 12.0. The molecule has 1 saturated heterocycles. The van der Waals surface area contributed by atoms with E-state index in [0.29, 0.717) is 0 Å². The van der Waals surface area contributed by atoms with E-state index in [-0.39, 0.29) is 0 Å². The molecule has 0 aliphatic carbocycles. The highest BCUT2D eigenvalue weighted by Gasteiger charge is 2.16. The average molecular weight is 477 g/mol. The van der Waals surface area contributed by atoms with Crippen LogP contribution in [0.1, 0.15) is 18.4 Å². The van der Waals surface area contributed by atoms with Crippen molar-refractivity contribution in [2.45, 2.75) is 19.4 Å². The summed E-state index contributed by atoms with van der Waals surface area (Å²) >= 11 is 1.71. The minimum atomic E-state index is 0.829. The summed E-state index contributed by atoms with van der Waals surface area (Å²) in [4.78, 5) is 15.6. The monoisotopic (exact) mass is 476 g/mol. The zero-order chi connectivity index (χ0) is 23.2. The van der Waals surface area contributed by atoms with Gasteiger partial charge in [-0.25, -0.2) is 4.98 Å². The molecule has 2 N–H and O–H groups in total. The summed E-state index contributed by atoms with van der Waals surface area (Å²) in [6, 6.07) is 17.0. The molecule has 35 heavy (non-hydrogen) atoms. The molecule has 0 saturated carbocycles. The topological polar surface area (TPSA) is 73.5 Å². The van der Waals surface area contributed by atoms with Gasteiger partial charge in [0.25, 0.3) is 0 Å². The molecular formula is C28H24N6S. The maximum atomic E-state index is 5.03. The minimum absolute atomic E-state index is 0.829. The molecule has 0 bridgehead atoms. The van der Waals surface area contributed by atoms with Crippen molar-refractivity contribution in [3.05, 3.63) is 77.2 Å². The van der Waals surface area contributed by atoms with E-state index in [1.807, 2.05) is 18.5 Å². The van der Waals surface area contributed by atoms with E-state index >= 15 is 0 Å². The van der Waals surface area contributed by atoms with Gasteiger partial charge in [0.1, 0.15) is 11.2 Å². The fourth-order valence-corrected chi connectivity index (χ4v) is 5.77. The van der Waals surface area contributed by atoms with E-state index in [1.54, 1.807) is 11.3 Å². The van der Waals surface area contributed by atoms with Gasteiger partial charge in [0.15, 0.2) is 0 Å². The molecule has 5 aromatic heterocycles. The lowest BCUT2D eigenvalue weighted by atomic mass is 10.0. The Bertz CT molecular complexity index is 1640. The zero-order valence-electron chi connectivity index (χ0n) is 19.2. The molecule has 1 aromatic carbocycles. The standard InChI is InChI=1S/C28H24N6S/c1-2-10-34(9-1)16-18-12-20(15-29-14-18)23-6-7-25-27(31-23)28(33-32-25)26-13-22-21(19-8-11-35-17-19)4-3-5-24(22)30-26/h3-8,11-15,17,30H,1-2,9-10,16H2,(H,32,33). The van der Waals surface area contributed by atoms with E-state index in [0.717, 1.165) is 45.7 Å². The number of aromatic nitrogens is 5. The highest BCUT2D eigenvalue weighted by atomic mass is 32.1. The Morgan fingerprint density at radius 1 is 0.943 bits per heavy atom. The maximum Gasteiger partial charge on any atom is 0.135 e. The van der Waals surface area contributed by atoms with Crippen LogP contribution in [0.2, 0.25) is 0 Å². The molecule has 0 radical (unpaired) electrons. The maximum absolute atomic E-state index is 5.03. The van der Waals surface area contributed by atoms with Gasteiger partial charge in [0.05, 0.1) is 16.9 Å². The van der Waals surface area contributed by atoms with Gasteiger partial charge in [0, 0.05) is 35.4 Å². The lowest BCUT2D eigenvalue weighted by Gasteiger charge is -2.14. The lowest BCUT2D eigenvalue weighted by Crippen LogP contribution is -2.18. The fourth-order valence-electron chi connectivity index (χ4n) is 5.11. The second kappa shape index (κ2) is 8.45. The molecule has 1 aliphatic heterocycles. The van der Waals surface area contributed by atoms with Crippen LogP contribution in [0.15, 0.2) is 71.7 Å². The first-order valence-corrected chi connectivity index (χ1v) is 12.9. The second-order valence-electron chi connectivity index (χ2n) is 9.19. The van der Waals surface area contributed by atoms with E-state index < -0.39 is 0 Å².